The summed E-state index contributed by atoms with van der Waals surface area (Å²) in [6.07, 6.45) is 0. The van der Waals surface area contributed by atoms with E-state index in [-0.39, 0.29) is 18.6 Å². The first-order valence-electron chi connectivity index (χ1n) is 5.92. The molecule has 3 nitrogen and oxygen atoms in total. The highest BCUT2D eigenvalue weighted by Crippen LogP contribution is 2.18. The maximum atomic E-state index is 11.4. The van der Waals surface area contributed by atoms with Crippen molar-refractivity contribution < 1.29 is 9.53 Å². The van der Waals surface area contributed by atoms with Crippen LogP contribution >= 0.6 is 0 Å². The van der Waals surface area contributed by atoms with Gasteiger partial charge in [0, 0.05) is 7.11 Å². The molecule has 0 aliphatic carbocycles. The Kier molecular flexibility index (Phi) is 5.16. The van der Waals surface area contributed by atoms with Crippen molar-refractivity contribution in [3.05, 3.63) is 35.4 Å². The van der Waals surface area contributed by atoms with E-state index in [0.717, 1.165) is 5.56 Å². The minimum Gasteiger partial charge on any atom is -0.375 e. The summed E-state index contributed by atoms with van der Waals surface area (Å²) >= 11 is 0. The molecule has 94 valence electrons. The van der Waals surface area contributed by atoms with Crippen LogP contribution in [0.25, 0.3) is 0 Å². The summed E-state index contributed by atoms with van der Waals surface area (Å²) in [6.45, 7) is 6.41. The molecule has 0 aliphatic rings. The quantitative estimate of drug-likeness (QED) is 0.852. The van der Waals surface area contributed by atoms with Gasteiger partial charge in [-0.3, -0.25) is 4.79 Å². The molecule has 0 fully saturated rings. The van der Waals surface area contributed by atoms with E-state index in [0.29, 0.717) is 5.92 Å². The van der Waals surface area contributed by atoms with Gasteiger partial charge in [-0.1, -0.05) is 38.1 Å². The number of hydrogen-bond donors (Lipinski definition) is 1. The molecule has 1 amide bonds. The van der Waals surface area contributed by atoms with E-state index in [1.807, 2.05) is 6.92 Å². The molecule has 0 spiro atoms. The number of carbonyl (C=O) groups is 1. The number of hydrogen-bond acceptors (Lipinski definition) is 2. The molecule has 1 N–H and O–H groups in total. The minimum absolute atomic E-state index is 0.0128. The molecule has 0 heterocycles. The van der Waals surface area contributed by atoms with Crippen molar-refractivity contribution in [2.75, 3.05) is 13.7 Å². The lowest BCUT2D eigenvalue weighted by molar-refractivity contribution is -0.125. The van der Waals surface area contributed by atoms with Crippen LogP contribution in [0.4, 0.5) is 0 Å². The predicted molar refractivity (Wildman–Crippen MR) is 69.0 cm³/mol. The van der Waals surface area contributed by atoms with E-state index < -0.39 is 0 Å². The number of carbonyl (C=O) groups excluding carboxylic acids is 1. The maximum Gasteiger partial charge on any atom is 0.246 e. The number of rotatable bonds is 5. The highest BCUT2D eigenvalue weighted by molar-refractivity contribution is 5.77. The number of nitrogens with one attached hydrogen (secondary N) is 1. The normalized spacial score (nSPS) is 12.5. The van der Waals surface area contributed by atoms with Crippen LogP contribution in [-0.4, -0.2) is 19.6 Å². The average molecular weight is 235 g/mol. The first-order valence-corrected chi connectivity index (χ1v) is 5.92. The van der Waals surface area contributed by atoms with Crippen molar-refractivity contribution >= 4 is 5.91 Å². The predicted octanol–water partition coefficient (Wildman–Crippen LogP) is 2.63. The van der Waals surface area contributed by atoms with E-state index in [1.165, 1.54) is 12.7 Å². The third kappa shape index (κ3) is 4.19. The van der Waals surface area contributed by atoms with Gasteiger partial charge in [0.25, 0.3) is 0 Å². The third-order valence-electron chi connectivity index (χ3n) is 2.76. The van der Waals surface area contributed by atoms with E-state index in [1.54, 1.807) is 0 Å². The molecule has 0 bridgehead atoms. The summed E-state index contributed by atoms with van der Waals surface area (Å²) in [4.78, 5) is 11.4. The highest BCUT2D eigenvalue weighted by Gasteiger charge is 2.09. The smallest absolute Gasteiger partial charge is 0.246 e. The summed E-state index contributed by atoms with van der Waals surface area (Å²) < 4.78 is 4.78. The molecule has 0 saturated carbocycles. The zero-order valence-electron chi connectivity index (χ0n) is 11.0. The van der Waals surface area contributed by atoms with Gasteiger partial charge >= 0.3 is 0 Å². The fourth-order valence-corrected chi connectivity index (χ4v) is 1.67. The Morgan fingerprint density at radius 2 is 1.71 bits per heavy atom. The van der Waals surface area contributed by atoms with Crippen molar-refractivity contribution in [3.8, 4) is 0 Å². The maximum absolute atomic E-state index is 11.4. The van der Waals surface area contributed by atoms with E-state index in [2.05, 4.69) is 43.4 Å². The SMILES string of the molecule is COCC(=O)N[C@H](C)c1ccc(C(C)C)cc1. The molecule has 1 atom stereocenters. The van der Waals surface area contributed by atoms with Crippen molar-refractivity contribution in [1.29, 1.82) is 0 Å². The largest absolute Gasteiger partial charge is 0.375 e. The van der Waals surface area contributed by atoms with Gasteiger partial charge < -0.3 is 10.1 Å². The summed E-state index contributed by atoms with van der Waals surface area (Å²) in [5.74, 6) is 0.440. The second kappa shape index (κ2) is 6.40. The number of methoxy groups -OCH3 is 1. The first kappa shape index (κ1) is 13.7. The molecule has 0 unspecified atom stereocenters. The Labute approximate surface area is 103 Å². The third-order valence-corrected chi connectivity index (χ3v) is 2.76. The molecule has 3 heteroatoms. The first-order chi connectivity index (χ1) is 8.04. The molecular formula is C14H21NO2. The van der Waals surface area contributed by atoms with Crippen molar-refractivity contribution in [1.82, 2.24) is 5.32 Å². The Bertz CT molecular complexity index is 357. The summed E-state index contributed by atoms with van der Waals surface area (Å²) in [5, 5.41) is 2.88. The number of amides is 1. The van der Waals surface area contributed by atoms with Gasteiger partial charge in [0.15, 0.2) is 0 Å². The zero-order chi connectivity index (χ0) is 12.8. The molecule has 1 aromatic carbocycles. The van der Waals surface area contributed by atoms with E-state index in [4.69, 9.17) is 4.74 Å². The van der Waals surface area contributed by atoms with Gasteiger partial charge in [0.05, 0.1) is 6.04 Å². The Morgan fingerprint density at radius 1 is 1.18 bits per heavy atom. The van der Waals surface area contributed by atoms with Crippen LogP contribution in [0.15, 0.2) is 24.3 Å². The van der Waals surface area contributed by atoms with Crippen molar-refractivity contribution in [2.24, 2.45) is 0 Å². The van der Waals surface area contributed by atoms with Crippen molar-refractivity contribution in [2.45, 2.75) is 32.7 Å². The van der Waals surface area contributed by atoms with Gasteiger partial charge in [0.2, 0.25) is 5.91 Å². The van der Waals surface area contributed by atoms with Gasteiger partial charge in [0.1, 0.15) is 6.61 Å². The Hall–Kier alpha value is -1.35. The second-order valence-electron chi connectivity index (χ2n) is 4.54. The van der Waals surface area contributed by atoms with Crippen LogP contribution in [0.5, 0.6) is 0 Å². The van der Waals surface area contributed by atoms with Crippen LogP contribution in [0.3, 0.4) is 0 Å². The molecule has 0 aliphatic heterocycles. The van der Waals surface area contributed by atoms with Gasteiger partial charge in [-0.25, -0.2) is 0 Å². The molecule has 0 saturated heterocycles. The highest BCUT2D eigenvalue weighted by atomic mass is 16.5. The monoisotopic (exact) mass is 235 g/mol. The van der Waals surface area contributed by atoms with Crippen LogP contribution in [0, 0.1) is 0 Å². The number of ether oxygens (including phenoxy) is 1. The topological polar surface area (TPSA) is 38.3 Å². The molecular weight excluding hydrogens is 214 g/mol. The second-order valence-corrected chi connectivity index (χ2v) is 4.54. The van der Waals surface area contributed by atoms with Crippen molar-refractivity contribution in [3.63, 3.8) is 0 Å². The zero-order valence-corrected chi connectivity index (χ0v) is 11.0. The standard InChI is InChI=1S/C14H21NO2/c1-10(2)12-5-7-13(8-6-12)11(3)15-14(16)9-17-4/h5-8,10-11H,9H2,1-4H3,(H,15,16)/t11-/m1/s1. The minimum atomic E-state index is -0.0899. The fraction of sp³-hybridized carbons (Fsp3) is 0.500. The van der Waals surface area contributed by atoms with Crippen LogP contribution < -0.4 is 5.32 Å². The Balaban J connectivity index is 2.63. The summed E-state index contributed by atoms with van der Waals surface area (Å²) in [5.41, 5.74) is 2.42. The Morgan fingerprint density at radius 3 is 2.18 bits per heavy atom. The lowest BCUT2D eigenvalue weighted by Gasteiger charge is -2.15. The number of benzene rings is 1. The summed E-state index contributed by atoms with van der Waals surface area (Å²) in [6, 6.07) is 8.36. The van der Waals surface area contributed by atoms with Crippen LogP contribution in [0.2, 0.25) is 0 Å². The molecule has 1 aromatic rings. The van der Waals surface area contributed by atoms with Crippen LogP contribution in [-0.2, 0) is 9.53 Å². The fourth-order valence-electron chi connectivity index (χ4n) is 1.67. The average Bonchev–Trinajstić information content (AvgIpc) is 2.29. The van der Waals surface area contributed by atoms with Crippen LogP contribution in [0.1, 0.15) is 43.9 Å². The molecule has 1 rings (SSSR count). The lowest BCUT2D eigenvalue weighted by atomic mass is 9.99. The molecule has 0 radical (unpaired) electrons. The molecule has 17 heavy (non-hydrogen) atoms. The molecule has 0 aromatic heterocycles. The lowest BCUT2D eigenvalue weighted by Crippen LogP contribution is -2.29. The van der Waals surface area contributed by atoms with Gasteiger partial charge in [-0.2, -0.15) is 0 Å². The van der Waals surface area contributed by atoms with E-state index >= 15 is 0 Å². The van der Waals surface area contributed by atoms with Gasteiger partial charge in [-0.15, -0.1) is 0 Å². The van der Waals surface area contributed by atoms with Gasteiger partial charge in [-0.05, 0) is 24.0 Å². The van der Waals surface area contributed by atoms with E-state index in [9.17, 15) is 4.79 Å². The summed E-state index contributed by atoms with van der Waals surface area (Å²) in [7, 11) is 1.52.